The van der Waals surface area contributed by atoms with E-state index >= 15 is 0 Å². The Morgan fingerprint density at radius 3 is 2.28 bits per heavy atom. The van der Waals surface area contributed by atoms with Crippen LogP contribution in [0, 0.1) is 0 Å². The number of anilines is 1. The minimum atomic E-state index is -1.14. The van der Waals surface area contributed by atoms with Crippen molar-refractivity contribution in [3.63, 3.8) is 0 Å². The van der Waals surface area contributed by atoms with Crippen molar-refractivity contribution in [2.75, 3.05) is 5.32 Å². The average Bonchev–Trinajstić information content (AvgIpc) is 3.24. The topological polar surface area (TPSA) is 111 Å². The van der Waals surface area contributed by atoms with Crippen molar-refractivity contribution in [2.24, 2.45) is 0 Å². The molecular weight excluding hydrogens is 406 g/mol. The van der Waals surface area contributed by atoms with Crippen LogP contribution < -0.4 is 10.6 Å². The fourth-order valence-electron chi connectivity index (χ4n) is 3.46. The molecule has 160 valence electrons. The van der Waals surface area contributed by atoms with Crippen molar-refractivity contribution in [1.82, 2.24) is 10.3 Å². The Kier molecular flexibility index (Phi) is 5.98. The van der Waals surface area contributed by atoms with Crippen molar-refractivity contribution in [3.05, 3.63) is 102 Å². The van der Waals surface area contributed by atoms with E-state index < -0.39 is 23.8 Å². The largest absolute Gasteiger partial charge is 0.480 e. The second-order valence-electron chi connectivity index (χ2n) is 7.32. The molecule has 0 radical (unpaired) electrons. The van der Waals surface area contributed by atoms with Gasteiger partial charge in [0, 0.05) is 17.3 Å². The lowest BCUT2D eigenvalue weighted by atomic mass is 10.1. The third-order valence-corrected chi connectivity index (χ3v) is 5.08. The van der Waals surface area contributed by atoms with E-state index in [2.05, 4.69) is 15.6 Å². The highest BCUT2D eigenvalue weighted by atomic mass is 16.4. The van der Waals surface area contributed by atoms with Crippen molar-refractivity contribution in [3.8, 4) is 0 Å². The van der Waals surface area contributed by atoms with Crippen LogP contribution in [0.15, 0.2) is 84.9 Å². The van der Waals surface area contributed by atoms with Crippen LogP contribution in [0.3, 0.4) is 0 Å². The van der Waals surface area contributed by atoms with E-state index in [1.54, 1.807) is 36.4 Å². The first-order chi connectivity index (χ1) is 15.5. The number of rotatable bonds is 7. The van der Waals surface area contributed by atoms with E-state index in [0.29, 0.717) is 5.69 Å². The Morgan fingerprint density at radius 2 is 1.53 bits per heavy atom. The first-order valence-electron chi connectivity index (χ1n) is 10.1. The van der Waals surface area contributed by atoms with Crippen molar-refractivity contribution < 1.29 is 19.5 Å². The Hall–Kier alpha value is -4.39. The van der Waals surface area contributed by atoms with Crippen molar-refractivity contribution in [2.45, 2.75) is 12.5 Å². The Bertz CT molecular complexity index is 1250. The van der Waals surface area contributed by atoms with Gasteiger partial charge in [0.25, 0.3) is 11.8 Å². The second kappa shape index (κ2) is 9.18. The Labute approximate surface area is 184 Å². The van der Waals surface area contributed by atoms with Gasteiger partial charge in [-0.3, -0.25) is 9.59 Å². The minimum Gasteiger partial charge on any atom is -0.480 e. The number of benzene rings is 3. The van der Waals surface area contributed by atoms with Gasteiger partial charge in [-0.15, -0.1) is 0 Å². The van der Waals surface area contributed by atoms with Gasteiger partial charge in [0.15, 0.2) is 0 Å². The molecule has 0 unspecified atom stereocenters. The number of aromatic nitrogens is 1. The summed E-state index contributed by atoms with van der Waals surface area (Å²) in [6.07, 6.45) is 0.144. The lowest BCUT2D eigenvalue weighted by Crippen LogP contribution is -2.42. The molecule has 0 saturated heterocycles. The van der Waals surface area contributed by atoms with E-state index in [1.165, 1.54) is 6.07 Å². The van der Waals surface area contributed by atoms with Crippen molar-refractivity contribution in [1.29, 1.82) is 0 Å². The fourth-order valence-corrected chi connectivity index (χ4v) is 3.46. The quantitative estimate of drug-likeness (QED) is 0.359. The molecular formula is C25H21N3O4. The first kappa shape index (κ1) is 20.9. The molecule has 32 heavy (non-hydrogen) atoms. The standard InChI is InChI=1S/C25H21N3O4/c29-23(28-22(25(31)32)14-16-8-2-1-3-9-16)18-11-5-7-13-20(18)27-24(30)21-15-17-10-4-6-12-19(17)26-21/h1-13,15,22,26H,14H2,(H,27,30)(H,28,29)(H,31,32)/t22-/m0/s1. The number of carboxylic acids is 1. The third-order valence-electron chi connectivity index (χ3n) is 5.08. The predicted molar refractivity (Wildman–Crippen MR) is 122 cm³/mol. The van der Waals surface area contributed by atoms with Gasteiger partial charge in [-0.05, 0) is 29.8 Å². The predicted octanol–water partition coefficient (Wildman–Crippen LogP) is 3.85. The SMILES string of the molecule is O=C(Nc1ccccc1C(=O)N[C@@H](Cc1ccccc1)C(=O)O)c1cc2ccccc2[nH]1. The summed E-state index contributed by atoms with van der Waals surface area (Å²) >= 11 is 0. The number of carbonyl (C=O) groups excluding carboxylic acids is 2. The summed E-state index contributed by atoms with van der Waals surface area (Å²) in [6.45, 7) is 0. The number of nitrogens with one attached hydrogen (secondary N) is 3. The van der Waals surface area contributed by atoms with E-state index in [4.69, 9.17) is 0 Å². The molecule has 3 aromatic carbocycles. The van der Waals surface area contributed by atoms with Crippen LogP contribution in [0.25, 0.3) is 10.9 Å². The van der Waals surface area contributed by atoms with Crippen LogP contribution >= 0.6 is 0 Å². The third kappa shape index (κ3) is 4.67. The highest BCUT2D eigenvalue weighted by Crippen LogP contribution is 2.19. The van der Waals surface area contributed by atoms with Crippen LogP contribution in [0.1, 0.15) is 26.4 Å². The maximum atomic E-state index is 12.9. The summed E-state index contributed by atoms with van der Waals surface area (Å²) in [6, 6.07) is 23.7. The summed E-state index contributed by atoms with van der Waals surface area (Å²) < 4.78 is 0. The highest BCUT2D eigenvalue weighted by Gasteiger charge is 2.23. The van der Waals surface area contributed by atoms with Crippen LogP contribution in [0.5, 0.6) is 0 Å². The highest BCUT2D eigenvalue weighted by molar-refractivity contribution is 6.10. The lowest BCUT2D eigenvalue weighted by Gasteiger charge is -2.16. The number of fused-ring (bicyclic) bond motifs is 1. The minimum absolute atomic E-state index is 0.144. The molecule has 4 N–H and O–H groups in total. The van der Waals surface area contributed by atoms with E-state index in [-0.39, 0.29) is 17.7 Å². The lowest BCUT2D eigenvalue weighted by molar-refractivity contribution is -0.139. The summed E-state index contributed by atoms with van der Waals surface area (Å²) in [5, 5.41) is 15.8. The monoisotopic (exact) mass is 427 g/mol. The smallest absolute Gasteiger partial charge is 0.326 e. The molecule has 7 nitrogen and oxygen atoms in total. The molecule has 7 heteroatoms. The number of amides is 2. The number of aliphatic carboxylic acids is 1. The number of para-hydroxylation sites is 2. The van der Waals surface area contributed by atoms with Gasteiger partial charge in [0.05, 0.1) is 11.3 Å². The van der Waals surface area contributed by atoms with Gasteiger partial charge in [-0.25, -0.2) is 4.79 Å². The fraction of sp³-hybridized carbons (Fsp3) is 0.0800. The van der Waals surface area contributed by atoms with Crippen LogP contribution in [0.2, 0.25) is 0 Å². The number of carboxylic acid groups (broad SMARTS) is 1. The molecule has 4 aromatic rings. The zero-order chi connectivity index (χ0) is 22.5. The zero-order valence-corrected chi connectivity index (χ0v) is 17.0. The number of aromatic amines is 1. The maximum Gasteiger partial charge on any atom is 0.326 e. The Morgan fingerprint density at radius 1 is 0.844 bits per heavy atom. The molecule has 0 aliphatic heterocycles. The molecule has 0 saturated carbocycles. The number of hydrogen-bond acceptors (Lipinski definition) is 3. The van der Waals surface area contributed by atoms with E-state index in [0.717, 1.165) is 16.5 Å². The van der Waals surface area contributed by atoms with E-state index in [9.17, 15) is 19.5 Å². The van der Waals surface area contributed by atoms with E-state index in [1.807, 2.05) is 42.5 Å². The molecule has 2 amide bonds. The van der Waals surface area contributed by atoms with Crippen LogP contribution in [0.4, 0.5) is 5.69 Å². The molecule has 0 spiro atoms. The number of carbonyl (C=O) groups is 3. The second-order valence-corrected chi connectivity index (χ2v) is 7.32. The van der Waals surface area contributed by atoms with Gasteiger partial charge in [-0.2, -0.15) is 0 Å². The summed E-state index contributed by atoms with van der Waals surface area (Å²) in [7, 11) is 0. The zero-order valence-electron chi connectivity index (χ0n) is 17.0. The molecule has 0 aliphatic rings. The normalized spacial score (nSPS) is 11.6. The molecule has 1 atom stereocenters. The van der Waals surface area contributed by atoms with Gasteiger partial charge in [0.2, 0.25) is 0 Å². The van der Waals surface area contributed by atoms with Gasteiger partial charge in [0.1, 0.15) is 11.7 Å². The Balaban J connectivity index is 1.52. The van der Waals surface area contributed by atoms with Gasteiger partial charge >= 0.3 is 5.97 Å². The molecule has 1 heterocycles. The molecule has 1 aromatic heterocycles. The molecule has 0 fully saturated rings. The first-order valence-corrected chi connectivity index (χ1v) is 10.1. The van der Waals surface area contributed by atoms with Crippen LogP contribution in [-0.4, -0.2) is 33.9 Å². The molecule has 4 rings (SSSR count). The van der Waals surface area contributed by atoms with Crippen LogP contribution in [-0.2, 0) is 11.2 Å². The van der Waals surface area contributed by atoms with Crippen molar-refractivity contribution >= 4 is 34.4 Å². The number of H-pyrrole nitrogens is 1. The summed E-state index contributed by atoms with van der Waals surface area (Å²) in [4.78, 5) is 40.4. The van der Waals surface area contributed by atoms with Gasteiger partial charge < -0.3 is 20.7 Å². The van der Waals surface area contributed by atoms with Gasteiger partial charge in [-0.1, -0.05) is 60.7 Å². The summed E-state index contributed by atoms with van der Waals surface area (Å²) in [5.74, 6) is -2.12. The summed E-state index contributed by atoms with van der Waals surface area (Å²) in [5.41, 5.74) is 2.44. The molecule has 0 bridgehead atoms. The number of hydrogen-bond donors (Lipinski definition) is 4. The average molecular weight is 427 g/mol. The maximum absolute atomic E-state index is 12.9. The molecule has 0 aliphatic carbocycles.